The van der Waals surface area contributed by atoms with Crippen molar-refractivity contribution in [3.8, 4) is 5.75 Å². The van der Waals surface area contributed by atoms with Gasteiger partial charge in [0.05, 0.1) is 19.2 Å². The number of nitrogens with one attached hydrogen (secondary N) is 1. The number of carbonyl (C=O) groups is 2. The van der Waals surface area contributed by atoms with Crippen LogP contribution in [0.5, 0.6) is 5.75 Å². The summed E-state index contributed by atoms with van der Waals surface area (Å²) in [6.45, 7) is -0.169. The standard InChI is InChI=1S/C23H20N4O3/c1-30-18-10-5-9-17(13-18)25-21(28)15-27-22(29)14-20(16-7-3-2-4-8-16)26-19-11-6-12-24-23(19)27/h2-13H,14-15H2,1H3,(H,25,28). The number of aromatic nitrogens is 1. The summed E-state index contributed by atoms with van der Waals surface area (Å²) in [5.74, 6) is 0.424. The van der Waals surface area contributed by atoms with Crippen LogP contribution in [0.25, 0.3) is 0 Å². The van der Waals surface area contributed by atoms with E-state index in [1.165, 1.54) is 4.90 Å². The Kier molecular flexibility index (Phi) is 5.52. The average molecular weight is 400 g/mol. The van der Waals surface area contributed by atoms with Gasteiger partial charge in [-0.3, -0.25) is 14.5 Å². The van der Waals surface area contributed by atoms with Crippen LogP contribution in [-0.4, -0.2) is 36.2 Å². The molecule has 7 heteroatoms. The number of hydrogen-bond acceptors (Lipinski definition) is 5. The van der Waals surface area contributed by atoms with Crippen LogP contribution in [0.1, 0.15) is 12.0 Å². The Labute approximate surface area is 174 Å². The lowest BCUT2D eigenvalue weighted by Gasteiger charge is -2.20. The Morgan fingerprint density at radius 3 is 2.73 bits per heavy atom. The second-order valence-corrected chi connectivity index (χ2v) is 6.71. The molecule has 0 atom stereocenters. The van der Waals surface area contributed by atoms with Crippen LogP contribution in [0.3, 0.4) is 0 Å². The van der Waals surface area contributed by atoms with E-state index in [2.05, 4.69) is 15.3 Å². The van der Waals surface area contributed by atoms with E-state index in [1.54, 1.807) is 49.7 Å². The van der Waals surface area contributed by atoms with Crippen LogP contribution < -0.4 is 15.0 Å². The molecule has 7 nitrogen and oxygen atoms in total. The first-order chi connectivity index (χ1) is 14.6. The minimum Gasteiger partial charge on any atom is -0.497 e. The minimum absolute atomic E-state index is 0.0762. The maximum absolute atomic E-state index is 13.1. The quantitative estimate of drug-likeness (QED) is 0.709. The lowest BCUT2D eigenvalue weighted by Crippen LogP contribution is -2.38. The smallest absolute Gasteiger partial charge is 0.244 e. The molecule has 0 bridgehead atoms. The molecular formula is C23H20N4O3. The lowest BCUT2D eigenvalue weighted by molar-refractivity contribution is -0.120. The van der Waals surface area contributed by atoms with Crippen molar-refractivity contribution in [2.24, 2.45) is 4.99 Å². The van der Waals surface area contributed by atoms with Gasteiger partial charge in [0.25, 0.3) is 0 Å². The summed E-state index contributed by atoms with van der Waals surface area (Å²) in [5.41, 5.74) is 2.65. The fourth-order valence-corrected chi connectivity index (χ4v) is 3.23. The molecule has 3 aromatic rings. The number of ether oxygens (including phenoxy) is 1. The molecule has 4 rings (SSSR count). The van der Waals surface area contributed by atoms with E-state index < -0.39 is 0 Å². The zero-order valence-corrected chi connectivity index (χ0v) is 16.4. The molecule has 0 aliphatic carbocycles. The van der Waals surface area contributed by atoms with Crippen LogP contribution in [0, 0.1) is 0 Å². The number of anilines is 2. The van der Waals surface area contributed by atoms with E-state index in [9.17, 15) is 9.59 Å². The molecule has 0 radical (unpaired) electrons. The maximum Gasteiger partial charge on any atom is 0.244 e. The first-order valence-corrected chi connectivity index (χ1v) is 9.46. The number of rotatable bonds is 5. The van der Waals surface area contributed by atoms with Crippen molar-refractivity contribution in [3.05, 3.63) is 78.5 Å². The number of hydrogen-bond donors (Lipinski definition) is 1. The van der Waals surface area contributed by atoms with Crippen LogP contribution in [0.2, 0.25) is 0 Å². The molecule has 2 aromatic carbocycles. The summed E-state index contributed by atoms with van der Waals surface area (Å²) < 4.78 is 5.18. The predicted molar refractivity (Wildman–Crippen MR) is 115 cm³/mol. The highest BCUT2D eigenvalue weighted by Crippen LogP contribution is 2.30. The highest BCUT2D eigenvalue weighted by atomic mass is 16.5. The summed E-state index contributed by atoms with van der Waals surface area (Å²) in [5, 5.41) is 2.80. The SMILES string of the molecule is COc1cccc(NC(=O)CN2C(=O)CC(c3ccccc3)=Nc3cccnc32)c1. The summed E-state index contributed by atoms with van der Waals surface area (Å²) >= 11 is 0. The number of carbonyl (C=O) groups excluding carboxylic acids is 2. The number of aliphatic imine (C=N–C) groups is 1. The molecule has 2 amide bonds. The highest BCUT2D eigenvalue weighted by molar-refractivity contribution is 6.18. The largest absolute Gasteiger partial charge is 0.497 e. The summed E-state index contributed by atoms with van der Waals surface area (Å²) in [7, 11) is 1.56. The van der Waals surface area contributed by atoms with Crippen molar-refractivity contribution in [1.82, 2.24) is 4.98 Å². The van der Waals surface area contributed by atoms with Gasteiger partial charge in [-0.25, -0.2) is 9.98 Å². The van der Waals surface area contributed by atoms with Crippen molar-refractivity contribution in [2.75, 3.05) is 23.9 Å². The third-order valence-electron chi connectivity index (χ3n) is 4.66. The second kappa shape index (κ2) is 8.57. The number of nitrogens with zero attached hydrogens (tertiary/aromatic N) is 3. The van der Waals surface area contributed by atoms with Crippen molar-refractivity contribution in [2.45, 2.75) is 6.42 Å². The van der Waals surface area contributed by atoms with E-state index in [1.807, 2.05) is 30.3 Å². The van der Waals surface area contributed by atoms with E-state index in [0.717, 1.165) is 5.56 Å². The normalized spacial score (nSPS) is 13.2. The molecule has 0 spiro atoms. The number of fused-ring (bicyclic) bond motifs is 1. The Hall–Kier alpha value is -4.00. The number of methoxy groups -OCH3 is 1. The Bertz CT molecular complexity index is 1110. The molecule has 1 aromatic heterocycles. The Balaban J connectivity index is 1.59. The molecule has 30 heavy (non-hydrogen) atoms. The van der Waals surface area contributed by atoms with Gasteiger partial charge in [-0.05, 0) is 29.8 Å². The van der Waals surface area contributed by atoms with Crippen LogP contribution in [0.4, 0.5) is 17.2 Å². The molecule has 150 valence electrons. The van der Waals surface area contributed by atoms with Crippen molar-refractivity contribution < 1.29 is 14.3 Å². The number of amides is 2. The lowest BCUT2D eigenvalue weighted by atomic mass is 10.1. The average Bonchev–Trinajstić information content (AvgIpc) is 2.91. The van der Waals surface area contributed by atoms with Crippen LogP contribution in [-0.2, 0) is 9.59 Å². The van der Waals surface area contributed by atoms with Crippen LogP contribution >= 0.6 is 0 Å². The zero-order valence-electron chi connectivity index (χ0n) is 16.4. The molecular weight excluding hydrogens is 380 g/mol. The minimum atomic E-state index is -0.337. The highest BCUT2D eigenvalue weighted by Gasteiger charge is 2.27. The van der Waals surface area contributed by atoms with E-state index in [0.29, 0.717) is 28.7 Å². The molecule has 0 saturated carbocycles. The van der Waals surface area contributed by atoms with Crippen molar-refractivity contribution in [1.29, 1.82) is 0 Å². The maximum atomic E-state index is 13.1. The molecule has 0 unspecified atom stereocenters. The number of pyridine rings is 1. The molecule has 2 heterocycles. The monoisotopic (exact) mass is 400 g/mol. The molecule has 1 aliphatic rings. The fourth-order valence-electron chi connectivity index (χ4n) is 3.23. The van der Waals surface area contributed by atoms with Gasteiger partial charge in [-0.2, -0.15) is 0 Å². The summed E-state index contributed by atoms with van der Waals surface area (Å²) in [6.07, 6.45) is 1.66. The molecule has 1 N–H and O–H groups in total. The Morgan fingerprint density at radius 1 is 1.10 bits per heavy atom. The first kappa shape index (κ1) is 19.3. The van der Waals surface area contributed by atoms with Gasteiger partial charge < -0.3 is 10.1 Å². The molecule has 0 saturated heterocycles. The van der Waals surface area contributed by atoms with E-state index in [4.69, 9.17) is 4.74 Å². The topological polar surface area (TPSA) is 83.9 Å². The molecule has 0 fully saturated rings. The zero-order chi connectivity index (χ0) is 20.9. The molecule has 1 aliphatic heterocycles. The first-order valence-electron chi connectivity index (χ1n) is 9.46. The van der Waals surface area contributed by atoms with Gasteiger partial charge in [0.1, 0.15) is 18.0 Å². The van der Waals surface area contributed by atoms with E-state index in [-0.39, 0.29) is 24.8 Å². The summed E-state index contributed by atoms with van der Waals surface area (Å²) in [4.78, 5) is 36.1. The van der Waals surface area contributed by atoms with E-state index >= 15 is 0 Å². The van der Waals surface area contributed by atoms with Crippen molar-refractivity contribution in [3.63, 3.8) is 0 Å². The third kappa shape index (κ3) is 4.20. The van der Waals surface area contributed by atoms with Gasteiger partial charge in [0.15, 0.2) is 5.82 Å². The van der Waals surface area contributed by atoms with Crippen molar-refractivity contribution >= 4 is 34.7 Å². The Morgan fingerprint density at radius 2 is 1.93 bits per heavy atom. The second-order valence-electron chi connectivity index (χ2n) is 6.71. The van der Waals surface area contributed by atoms with Gasteiger partial charge in [0.2, 0.25) is 11.8 Å². The van der Waals surface area contributed by atoms with Gasteiger partial charge in [-0.15, -0.1) is 0 Å². The fraction of sp³-hybridized carbons (Fsp3) is 0.130. The van der Waals surface area contributed by atoms with Crippen LogP contribution in [0.15, 0.2) is 77.9 Å². The summed E-state index contributed by atoms with van der Waals surface area (Å²) in [6, 6.07) is 20.1. The third-order valence-corrected chi connectivity index (χ3v) is 4.66. The number of benzene rings is 2. The predicted octanol–water partition coefficient (Wildman–Crippen LogP) is 3.59. The van der Waals surface area contributed by atoms with Gasteiger partial charge in [-0.1, -0.05) is 36.4 Å². The van der Waals surface area contributed by atoms with Gasteiger partial charge >= 0.3 is 0 Å². The van der Waals surface area contributed by atoms with Gasteiger partial charge in [0, 0.05) is 18.0 Å².